The molecule has 0 aromatic heterocycles. The molecule has 2 fully saturated rings. The van der Waals surface area contributed by atoms with Crippen LogP contribution in [0.15, 0.2) is 12.7 Å². The van der Waals surface area contributed by atoms with Crippen LogP contribution >= 0.6 is 0 Å². The van der Waals surface area contributed by atoms with Crippen molar-refractivity contribution >= 4 is 0 Å². The molecule has 1 saturated heterocycles. The smallest absolute Gasteiger partial charge is 0.0812 e. The molecule has 1 nitrogen and oxygen atoms in total. The van der Waals surface area contributed by atoms with Crippen LogP contribution in [0.3, 0.4) is 0 Å². The Bertz CT molecular complexity index is 152. The van der Waals surface area contributed by atoms with E-state index in [1.807, 2.05) is 0 Å². The molecule has 0 N–H and O–H groups in total. The van der Waals surface area contributed by atoms with Crippen molar-refractivity contribution in [2.45, 2.75) is 38.2 Å². The lowest BCUT2D eigenvalue weighted by Crippen LogP contribution is -2.14. The minimum atomic E-state index is 0.635. The van der Waals surface area contributed by atoms with Gasteiger partial charge in [0.15, 0.2) is 0 Å². The van der Waals surface area contributed by atoms with Crippen molar-refractivity contribution in [3.8, 4) is 0 Å². The molecule has 0 aromatic rings. The van der Waals surface area contributed by atoms with E-state index in [0.717, 1.165) is 18.4 Å². The fourth-order valence-corrected chi connectivity index (χ4v) is 2.24. The van der Waals surface area contributed by atoms with Gasteiger partial charge in [-0.1, -0.05) is 6.08 Å². The Kier molecular flexibility index (Phi) is 2.50. The minimum Gasteiger partial charge on any atom is -0.373 e. The maximum Gasteiger partial charge on any atom is 0.0812 e. The molecule has 0 amide bonds. The maximum absolute atomic E-state index is 5.24. The quantitative estimate of drug-likeness (QED) is 0.464. The third-order valence-corrected chi connectivity index (χ3v) is 3.22. The highest BCUT2D eigenvalue weighted by Gasteiger charge is 2.28. The van der Waals surface area contributed by atoms with Gasteiger partial charge in [-0.15, -0.1) is 6.58 Å². The van der Waals surface area contributed by atoms with Crippen molar-refractivity contribution in [2.24, 2.45) is 11.8 Å². The molecule has 68 valence electrons. The normalized spacial score (nSPS) is 40.8. The molecule has 1 unspecified atom stereocenters. The lowest BCUT2D eigenvalue weighted by Gasteiger charge is -2.25. The summed E-state index contributed by atoms with van der Waals surface area (Å²) in [6.07, 6.45) is 9.61. The minimum absolute atomic E-state index is 0.635. The van der Waals surface area contributed by atoms with Gasteiger partial charge in [0.1, 0.15) is 0 Å². The molecule has 1 heterocycles. The fraction of sp³-hybridized carbons (Fsp3) is 0.818. The zero-order chi connectivity index (χ0) is 8.39. The SMILES string of the molecule is C=CC1CCC(CC2CO2)CC1. The van der Waals surface area contributed by atoms with E-state index < -0.39 is 0 Å². The van der Waals surface area contributed by atoms with Crippen LogP contribution in [0.2, 0.25) is 0 Å². The first-order chi connectivity index (χ1) is 5.88. The standard InChI is InChI=1S/C11H18O/c1-2-9-3-5-10(6-4-9)7-11-8-12-11/h2,9-11H,1,3-8H2. The Labute approximate surface area is 74.8 Å². The van der Waals surface area contributed by atoms with Crippen LogP contribution in [0.4, 0.5) is 0 Å². The summed E-state index contributed by atoms with van der Waals surface area (Å²) in [7, 11) is 0. The number of hydrogen-bond acceptors (Lipinski definition) is 1. The summed E-state index contributed by atoms with van der Waals surface area (Å²) in [5, 5.41) is 0. The van der Waals surface area contributed by atoms with Gasteiger partial charge in [-0.25, -0.2) is 0 Å². The van der Waals surface area contributed by atoms with Crippen LogP contribution in [-0.4, -0.2) is 12.7 Å². The molecule has 1 aliphatic carbocycles. The summed E-state index contributed by atoms with van der Waals surface area (Å²) in [6, 6.07) is 0. The van der Waals surface area contributed by atoms with Gasteiger partial charge in [-0.3, -0.25) is 0 Å². The van der Waals surface area contributed by atoms with Crippen LogP contribution < -0.4 is 0 Å². The van der Waals surface area contributed by atoms with E-state index in [4.69, 9.17) is 4.74 Å². The van der Waals surface area contributed by atoms with Crippen molar-refractivity contribution in [3.05, 3.63) is 12.7 Å². The zero-order valence-corrected chi connectivity index (χ0v) is 7.67. The lowest BCUT2D eigenvalue weighted by molar-refractivity contribution is 0.266. The molecule has 1 atom stereocenters. The summed E-state index contributed by atoms with van der Waals surface area (Å²) in [4.78, 5) is 0. The van der Waals surface area contributed by atoms with Gasteiger partial charge in [0.05, 0.1) is 12.7 Å². The molecular weight excluding hydrogens is 148 g/mol. The van der Waals surface area contributed by atoms with E-state index >= 15 is 0 Å². The molecule has 0 radical (unpaired) electrons. The van der Waals surface area contributed by atoms with Crippen LogP contribution in [0.5, 0.6) is 0 Å². The first-order valence-electron chi connectivity index (χ1n) is 5.12. The van der Waals surface area contributed by atoms with E-state index in [9.17, 15) is 0 Å². The first-order valence-corrected chi connectivity index (χ1v) is 5.12. The lowest BCUT2D eigenvalue weighted by atomic mass is 9.80. The van der Waals surface area contributed by atoms with Gasteiger partial charge >= 0.3 is 0 Å². The van der Waals surface area contributed by atoms with E-state index in [2.05, 4.69) is 12.7 Å². The number of allylic oxidation sites excluding steroid dienone is 1. The second-order valence-corrected chi connectivity index (χ2v) is 4.21. The molecule has 12 heavy (non-hydrogen) atoms. The monoisotopic (exact) mass is 166 g/mol. The van der Waals surface area contributed by atoms with Gasteiger partial charge in [0, 0.05) is 0 Å². The second kappa shape index (κ2) is 3.61. The molecule has 0 bridgehead atoms. The highest BCUT2D eigenvalue weighted by molar-refractivity contribution is 4.85. The van der Waals surface area contributed by atoms with Crippen molar-refractivity contribution in [1.29, 1.82) is 0 Å². The molecule has 0 spiro atoms. The van der Waals surface area contributed by atoms with Crippen molar-refractivity contribution in [3.63, 3.8) is 0 Å². The first kappa shape index (κ1) is 8.31. The fourth-order valence-electron chi connectivity index (χ4n) is 2.24. The number of hydrogen-bond donors (Lipinski definition) is 0. The molecule has 1 heteroatoms. The Morgan fingerprint density at radius 1 is 1.25 bits per heavy atom. The Morgan fingerprint density at radius 2 is 1.92 bits per heavy atom. The summed E-state index contributed by atoms with van der Waals surface area (Å²) in [5.41, 5.74) is 0. The average Bonchev–Trinajstić information content (AvgIpc) is 2.90. The third kappa shape index (κ3) is 2.10. The zero-order valence-electron chi connectivity index (χ0n) is 7.67. The molecule has 1 aliphatic heterocycles. The van der Waals surface area contributed by atoms with Crippen LogP contribution in [0.25, 0.3) is 0 Å². The predicted molar refractivity (Wildman–Crippen MR) is 50.0 cm³/mol. The van der Waals surface area contributed by atoms with E-state index in [1.54, 1.807) is 0 Å². The van der Waals surface area contributed by atoms with E-state index in [0.29, 0.717) is 6.10 Å². The van der Waals surface area contributed by atoms with Gasteiger partial charge in [0.2, 0.25) is 0 Å². The molecule has 2 rings (SSSR count). The van der Waals surface area contributed by atoms with Gasteiger partial charge in [0.25, 0.3) is 0 Å². The van der Waals surface area contributed by atoms with Crippen molar-refractivity contribution < 1.29 is 4.74 Å². The van der Waals surface area contributed by atoms with Gasteiger partial charge in [-0.05, 0) is 43.9 Å². The van der Waals surface area contributed by atoms with Crippen molar-refractivity contribution in [1.82, 2.24) is 0 Å². The summed E-state index contributed by atoms with van der Waals surface area (Å²) >= 11 is 0. The maximum atomic E-state index is 5.24. The van der Waals surface area contributed by atoms with E-state index in [-0.39, 0.29) is 0 Å². The van der Waals surface area contributed by atoms with Gasteiger partial charge < -0.3 is 4.74 Å². The average molecular weight is 166 g/mol. The number of epoxide rings is 1. The Balaban J connectivity index is 1.70. The number of ether oxygens (including phenoxy) is 1. The largest absolute Gasteiger partial charge is 0.373 e. The topological polar surface area (TPSA) is 12.5 Å². The third-order valence-electron chi connectivity index (χ3n) is 3.22. The molecule has 1 saturated carbocycles. The molecular formula is C11H18O. The van der Waals surface area contributed by atoms with Crippen LogP contribution in [-0.2, 0) is 4.74 Å². The number of rotatable bonds is 3. The molecule has 0 aromatic carbocycles. The molecule has 2 aliphatic rings. The van der Waals surface area contributed by atoms with E-state index in [1.165, 1.54) is 32.1 Å². The van der Waals surface area contributed by atoms with Gasteiger partial charge in [-0.2, -0.15) is 0 Å². The Morgan fingerprint density at radius 3 is 2.42 bits per heavy atom. The summed E-state index contributed by atoms with van der Waals surface area (Å²) in [6.45, 7) is 4.89. The Hall–Kier alpha value is -0.300. The summed E-state index contributed by atoms with van der Waals surface area (Å²) in [5.74, 6) is 1.76. The van der Waals surface area contributed by atoms with Crippen LogP contribution in [0.1, 0.15) is 32.1 Å². The highest BCUT2D eigenvalue weighted by Crippen LogP contribution is 2.34. The van der Waals surface area contributed by atoms with Crippen molar-refractivity contribution in [2.75, 3.05) is 6.61 Å². The van der Waals surface area contributed by atoms with Crippen LogP contribution in [0, 0.1) is 11.8 Å². The highest BCUT2D eigenvalue weighted by atomic mass is 16.6. The summed E-state index contributed by atoms with van der Waals surface area (Å²) < 4.78 is 5.24. The second-order valence-electron chi connectivity index (χ2n) is 4.21. The predicted octanol–water partition coefficient (Wildman–Crippen LogP) is 2.77.